The predicted octanol–water partition coefficient (Wildman–Crippen LogP) is 10.7. The lowest BCUT2D eigenvalue weighted by Crippen LogP contribution is -2.04. The third-order valence-electron chi connectivity index (χ3n) is 7.15. The summed E-state index contributed by atoms with van der Waals surface area (Å²) < 4.78 is 11.9. The van der Waals surface area contributed by atoms with E-state index in [9.17, 15) is 0 Å². The van der Waals surface area contributed by atoms with Crippen LogP contribution >= 0.6 is 11.3 Å². The van der Waals surface area contributed by atoms with E-state index in [1.54, 1.807) is 0 Å². The maximum absolute atomic E-state index is 5.93. The van der Waals surface area contributed by atoms with Gasteiger partial charge in [0.2, 0.25) is 0 Å². The Balaban J connectivity index is 1.87. The molecule has 0 aliphatic rings. The van der Waals surface area contributed by atoms with Gasteiger partial charge in [0.15, 0.2) is 0 Å². The van der Waals surface area contributed by atoms with Gasteiger partial charge in [0.1, 0.15) is 0 Å². The van der Waals surface area contributed by atoms with Crippen LogP contribution in [-0.2, 0) is 22.3 Å². The van der Waals surface area contributed by atoms with Gasteiger partial charge in [-0.25, -0.2) is 0 Å². The Morgan fingerprint density at radius 3 is 1.09 bits per heavy atom. The Morgan fingerprint density at radius 2 is 0.743 bits per heavy atom. The van der Waals surface area contributed by atoms with Crippen LogP contribution in [0.5, 0.6) is 0 Å². The van der Waals surface area contributed by atoms with E-state index < -0.39 is 0 Å². The van der Waals surface area contributed by atoms with Gasteiger partial charge in [0.25, 0.3) is 0 Å². The standard InChI is InChI=1S/C32H60O2S/c1-3-5-7-9-11-13-15-17-19-21-25-33-27-23-31-29-35-30-32(31)24-28-34-26-22-20-18-16-14-12-10-8-6-4-2/h29-30H,3-28H2,1-2H3. The highest BCUT2D eigenvalue weighted by molar-refractivity contribution is 7.08. The van der Waals surface area contributed by atoms with Crippen LogP contribution in [0.2, 0.25) is 0 Å². The molecule has 0 aliphatic heterocycles. The largest absolute Gasteiger partial charge is 0.381 e. The molecule has 0 atom stereocenters. The van der Waals surface area contributed by atoms with Crippen molar-refractivity contribution in [3.8, 4) is 0 Å². The second-order valence-electron chi connectivity index (χ2n) is 10.5. The number of ether oxygens (including phenoxy) is 2. The van der Waals surface area contributed by atoms with Gasteiger partial charge in [-0.2, -0.15) is 11.3 Å². The van der Waals surface area contributed by atoms with E-state index >= 15 is 0 Å². The first-order valence-corrected chi connectivity index (χ1v) is 16.5. The van der Waals surface area contributed by atoms with Crippen LogP contribution in [0, 0.1) is 0 Å². The second kappa shape index (κ2) is 26.7. The number of hydrogen-bond donors (Lipinski definition) is 0. The molecule has 1 aromatic heterocycles. The van der Waals surface area contributed by atoms with Crippen molar-refractivity contribution in [2.24, 2.45) is 0 Å². The number of unbranched alkanes of at least 4 members (excludes halogenated alkanes) is 18. The van der Waals surface area contributed by atoms with E-state index in [0.717, 1.165) is 39.3 Å². The summed E-state index contributed by atoms with van der Waals surface area (Å²) in [5.41, 5.74) is 2.95. The van der Waals surface area contributed by atoms with Gasteiger partial charge in [-0.05, 0) is 47.6 Å². The minimum absolute atomic E-state index is 0.862. The summed E-state index contributed by atoms with van der Waals surface area (Å²) in [5.74, 6) is 0. The molecule has 0 spiro atoms. The van der Waals surface area contributed by atoms with Crippen molar-refractivity contribution < 1.29 is 9.47 Å². The molecule has 35 heavy (non-hydrogen) atoms. The summed E-state index contributed by atoms with van der Waals surface area (Å²) in [6, 6.07) is 0. The highest BCUT2D eigenvalue weighted by Gasteiger charge is 2.04. The van der Waals surface area contributed by atoms with E-state index in [0.29, 0.717) is 0 Å². The lowest BCUT2D eigenvalue weighted by Gasteiger charge is -2.07. The summed E-state index contributed by atoms with van der Waals surface area (Å²) in [7, 11) is 0. The van der Waals surface area contributed by atoms with Gasteiger partial charge >= 0.3 is 0 Å². The van der Waals surface area contributed by atoms with Crippen molar-refractivity contribution in [3.63, 3.8) is 0 Å². The third-order valence-corrected chi connectivity index (χ3v) is 7.99. The molecule has 0 unspecified atom stereocenters. The van der Waals surface area contributed by atoms with Gasteiger partial charge in [0.05, 0.1) is 13.2 Å². The van der Waals surface area contributed by atoms with E-state index in [1.807, 2.05) is 11.3 Å². The average molecular weight is 509 g/mol. The normalized spacial score (nSPS) is 11.5. The van der Waals surface area contributed by atoms with Gasteiger partial charge < -0.3 is 9.47 Å². The maximum Gasteiger partial charge on any atom is 0.0506 e. The summed E-state index contributed by atoms with van der Waals surface area (Å²) >= 11 is 1.83. The summed E-state index contributed by atoms with van der Waals surface area (Å²) in [4.78, 5) is 0. The zero-order valence-electron chi connectivity index (χ0n) is 23.8. The van der Waals surface area contributed by atoms with Crippen LogP contribution in [0.3, 0.4) is 0 Å². The fourth-order valence-electron chi connectivity index (χ4n) is 4.74. The first kappa shape index (κ1) is 32.6. The van der Waals surface area contributed by atoms with Crippen molar-refractivity contribution in [2.75, 3.05) is 26.4 Å². The van der Waals surface area contributed by atoms with Crippen molar-refractivity contribution in [2.45, 2.75) is 155 Å². The maximum atomic E-state index is 5.93. The van der Waals surface area contributed by atoms with E-state index in [-0.39, 0.29) is 0 Å². The molecule has 0 amide bonds. The van der Waals surface area contributed by atoms with E-state index in [4.69, 9.17) is 9.47 Å². The first-order chi connectivity index (χ1) is 17.4. The van der Waals surface area contributed by atoms with E-state index in [2.05, 4.69) is 24.6 Å². The Hall–Kier alpha value is -0.380. The van der Waals surface area contributed by atoms with Crippen LogP contribution in [0.15, 0.2) is 10.8 Å². The molecule has 0 fully saturated rings. The minimum Gasteiger partial charge on any atom is -0.381 e. The van der Waals surface area contributed by atoms with Gasteiger partial charge in [-0.3, -0.25) is 0 Å². The average Bonchev–Trinajstić information content (AvgIpc) is 3.32. The van der Waals surface area contributed by atoms with Gasteiger partial charge in [0, 0.05) is 13.2 Å². The molecule has 0 saturated heterocycles. The van der Waals surface area contributed by atoms with Crippen LogP contribution in [0.25, 0.3) is 0 Å². The molecule has 1 aromatic rings. The molecule has 0 aromatic carbocycles. The highest BCUT2D eigenvalue weighted by atomic mass is 32.1. The summed E-state index contributed by atoms with van der Waals surface area (Å²) in [6.07, 6.45) is 29.8. The quantitative estimate of drug-likeness (QED) is 0.105. The Morgan fingerprint density at radius 1 is 0.429 bits per heavy atom. The predicted molar refractivity (Wildman–Crippen MR) is 157 cm³/mol. The van der Waals surface area contributed by atoms with Crippen molar-refractivity contribution in [1.82, 2.24) is 0 Å². The molecule has 206 valence electrons. The van der Waals surface area contributed by atoms with Crippen LogP contribution in [-0.4, -0.2) is 26.4 Å². The third kappa shape index (κ3) is 21.4. The number of rotatable bonds is 28. The van der Waals surface area contributed by atoms with Gasteiger partial charge in [-0.15, -0.1) is 0 Å². The van der Waals surface area contributed by atoms with Crippen molar-refractivity contribution >= 4 is 11.3 Å². The van der Waals surface area contributed by atoms with Crippen LogP contribution in [0.4, 0.5) is 0 Å². The van der Waals surface area contributed by atoms with Crippen molar-refractivity contribution in [3.05, 3.63) is 21.9 Å². The van der Waals surface area contributed by atoms with E-state index in [1.165, 1.54) is 140 Å². The molecule has 1 heterocycles. The lowest BCUT2D eigenvalue weighted by atomic mass is 10.1. The zero-order chi connectivity index (χ0) is 25.1. The summed E-state index contributed by atoms with van der Waals surface area (Å²) in [6.45, 7) is 8.16. The Labute approximate surface area is 224 Å². The molecule has 1 rings (SSSR count). The monoisotopic (exact) mass is 508 g/mol. The topological polar surface area (TPSA) is 18.5 Å². The van der Waals surface area contributed by atoms with Crippen LogP contribution in [0.1, 0.15) is 153 Å². The molecular weight excluding hydrogens is 448 g/mol. The second-order valence-corrected chi connectivity index (χ2v) is 11.3. The molecular formula is C32H60O2S. The zero-order valence-corrected chi connectivity index (χ0v) is 24.6. The highest BCUT2D eigenvalue weighted by Crippen LogP contribution is 2.17. The minimum atomic E-state index is 0.862. The first-order valence-electron chi connectivity index (χ1n) is 15.6. The lowest BCUT2D eigenvalue weighted by molar-refractivity contribution is 0.129. The molecule has 0 saturated carbocycles. The molecule has 0 radical (unpaired) electrons. The SMILES string of the molecule is CCCCCCCCCCCCOCCc1cscc1CCOCCCCCCCCCCCC. The fourth-order valence-corrected chi connectivity index (χ4v) is 5.68. The number of hydrogen-bond acceptors (Lipinski definition) is 3. The Kier molecular flexibility index (Phi) is 24.9. The number of thiophene rings is 1. The molecule has 0 bridgehead atoms. The molecule has 2 nitrogen and oxygen atoms in total. The van der Waals surface area contributed by atoms with Gasteiger partial charge in [-0.1, -0.05) is 129 Å². The summed E-state index contributed by atoms with van der Waals surface area (Å²) in [5, 5.41) is 4.61. The molecule has 0 N–H and O–H groups in total. The molecule has 0 aliphatic carbocycles. The smallest absolute Gasteiger partial charge is 0.0506 e. The fraction of sp³-hybridized carbons (Fsp3) is 0.875. The molecule has 3 heteroatoms. The van der Waals surface area contributed by atoms with Crippen molar-refractivity contribution in [1.29, 1.82) is 0 Å². The van der Waals surface area contributed by atoms with Crippen LogP contribution < -0.4 is 0 Å². The Bertz CT molecular complexity index is 483.